The van der Waals surface area contributed by atoms with Crippen LogP contribution in [0.1, 0.15) is 194 Å². The minimum atomic E-state index is -0.401. The summed E-state index contributed by atoms with van der Waals surface area (Å²) in [6.07, 6.45) is 37.7. The zero-order chi connectivity index (χ0) is 32.2. The highest BCUT2D eigenvalue weighted by molar-refractivity contribution is 5.93. The molecule has 0 N–H and O–H groups in total. The number of hydrogen-bond acceptors (Lipinski definition) is 6. The van der Waals surface area contributed by atoms with Crippen molar-refractivity contribution < 1.29 is 9.55 Å². The molecule has 2 aromatic rings. The quantitative estimate of drug-likeness (QED) is 0.0455. The molecule has 0 aliphatic heterocycles. The maximum absolute atomic E-state index is 11.5. The Kier molecular flexibility index (Phi) is 23.4. The van der Waals surface area contributed by atoms with E-state index in [4.69, 9.17) is 4.63 Å². The maximum Gasteiger partial charge on any atom is 0.300 e. The van der Waals surface area contributed by atoms with E-state index >= 15 is 0 Å². The van der Waals surface area contributed by atoms with Crippen molar-refractivity contribution in [2.75, 3.05) is 18.0 Å². The van der Waals surface area contributed by atoms with Crippen LogP contribution in [0.4, 0.5) is 11.4 Å². The average molecular weight is 629 g/mol. The summed E-state index contributed by atoms with van der Waals surface area (Å²) in [6.45, 7) is 6.45. The van der Waals surface area contributed by atoms with Crippen LogP contribution in [-0.4, -0.2) is 28.3 Å². The summed E-state index contributed by atoms with van der Waals surface area (Å²) in [5, 5.41) is 19.5. The number of non-ortho nitro benzene ring substituents is 1. The molecule has 0 radical (unpaired) electrons. The maximum atomic E-state index is 11.5. The van der Waals surface area contributed by atoms with E-state index in [1.807, 2.05) is 6.07 Å². The van der Waals surface area contributed by atoms with Gasteiger partial charge in [-0.15, -0.1) is 0 Å². The van der Waals surface area contributed by atoms with Crippen LogP contribution in [0, 0.1) is 10.1 Å². The molecule has 45 heavy (non-hydrogen) atoms. The fourth-order valence-corrected chi connectivity index (χ4v) is 6.59. The molecule has 1 heterocycles. The van der Waals surface area contributed by atoms with Gasteiger partial charge in [0, 0.05) is 19.2 Å². The number of rotatable bonds is 32. The van der Waals surface area contributed by atoms with Gasteiger partial charge in [0.25, 0.3) is 0 Å². The van der Waals surface area contributed by atoms with Crippen LogP contribution < -0.4 is 4.90 Å². The summed E-state index contributed by atoms with van der Waals surface area (Å²) in [6, 6.07) is 3.41. The Hall–Kier alpha value is -2.18. The third-order valence-electron chi connectivity index (χ3n) is 9.47. The van der Waals surface area contributed by atoms with Crippen molar-refractivity contribution in [1.82, 2.24) is 10.3 Å². The van der Waals surface area contributed by atoms with E-state index in [2.05, 4.69) is 29.1 Å². The normalized spacial score (nSPS) is 11.5. The first-order valence-corrected chi connectivity index (χ1v) is 19.3. The molecule has 7 heteroatoms. The van der Waals surface area contributed by atoms with Gasteiger partial charge >= 0.3 is 5.69 Å². The summed E-state index contributed by atoms with van der Waals surface area (Å²) >= 11 is 0. The van der Waals surface area contributed by atoms with E-state index in [0.29, 0.717) is 5.52 Å². The van der Waals surface area contributed by atoms with Crippen LogP contribution in [0.3, 0.4) is 0 Å². The molecule has 0 unspecified atom stereocenters. The van der Waals surface area contributed by atoms with Crippen LogP contribution in [0.25, 0.3) is 11.0 Å². The Labute approximate surface area is 275 Å². The van der Waals surface area contributed by atoms with E-state index in [1.165, 1.54) is 167 Å². The summed E-state index contributed by atoms with van der Waals surface area (Å²) in [7, 11) is 0. The first kappa shape index (κ1) is 39.0. The zero-order valence-electron chi connectivity index (χ0n) is 29.4. The number of nitro benzene ring substituents is 1. The zero-order valence-corrected chi connectivity index (χ0v) is 29.4. The van der Waals surface area contributed by atoms with Crippen molar-refractivity contribution >= 4 is 22.4 Å². The van der Waals surface area contributed by atoms with Gasteiger partial charge in [-0.05, 0) is 29.2 Å². The molecule has 0 spiro atoms. The standard InChI is InChI=1S/C38H68N4O3/c1-3-5-7-9-11-13-15-17-19-21-23-25-27-29-33-41(35-31-32-36(42(43)44)38-37(35)39-45-40-38)34-30-28-26-24-22-20-18-16-14-12-10-8-6-4-2/h31-32H,3-30,33-34H2,1-2H3. The number of hydrogen-bond donors (Lipinski definition) is 0. The minimum absolute atomic E-state index is 0.0389. The molecule has 0 saturated carbocycles. The second-order valence-corrected chi connectivity index (χ2v) is 13.5. The van der Waals surface area contributed by atoms with Crippen molar-refractivity contribution in [3.63, 3.8) is 0 Å². The molecule has 258 valence electrons. The van der Waals surface area contributed by atoms with Crippen LogP contribution in [0.2, 0.25) is 0 Å². The van der Waals surface area contributed by atoms with Gasteiger partial charge in [-0.2, -0.15) is 0 Å². The molecular formula is C38H68N4O3. The molecule has 0 amide bonds. The van der Waals surface area contributed by atoms with Crippen molar-refractivity contribution in [3.8, 4) is 0 Å². The second kappa shape index (κ2) is 27.0. The van der Waals surface area contributed by atoms with Gasteiger partial charge in [0.1, 0.15) is 0 Å². The summed E-state index contributed by atoms with van der Waals surface area (Å²) in [5.74, 6) is 0. The number of benzene rings is 1. The molecule has 0 fully saturated rings. The molecule has 0 bridgehead atoms. The van der Waals surface area contributed by atoms with Crippen molar-refractivity contribution in [3.05, 3.63) is 22.2 Å². The van der Waals surface area contributed by atoms with Crippen molar-refractivity contribution in [2.45, 2.75) is 194 Å². The largest absolute Gasteiger partial charge is 0.370 e. The lowest BCUT2D eigenvalue weighted by atomic mass is 10.0. The van der Waals surface area contributed by atoms with Crippen LogP contribution >= 0.6 is 0 Å². The predicted molar refractivity (Wildman–Crippen MR) is 191 cm³/mol. The van der Waals surface area contributed by atoms with Crippen molar-refractivity contribution in [2.24, 2.45) is 0 Å². The minimum Gasteiger partial charge on any atom is -0.370 e. The number of aromatic nitrogens is 2. The molecule has 7 nitrogen and oxygen atoms in total. The van der Waals surface area contributed by atoms with E-state index < -0.39 is 4.92 Å². The second-order valence-electron chi connectivity index (χ2n) is 13.5. The fourth-order valence-electron chi connectivity index (χ4n) is 6.59. The van der Waals surface area contributed by atoms with E-state index in [-0.39, 0.29) is 11.2 Å². The number of anilines is 1. The molecule has 0 aliphatic carbocycles. The van der Waals surface area contributed by atoms with E-state index in [9.17, 15) is 10.1 Å². The van der Waals surface area contributed by atoms with E-state index in [1.54, 1.807) is 6.07 Å². The van der Waals surface area contributed by atoms with Gasteiger partial charge in [0.15, 0.2) is 5.52 Å². The predicted octanol–water partition coefficient (Wildman–Crippen LogP) is 12.9. The van der Waals surface area contributed by atoms with Gasteiger partial charge < -0.3 is 4.90 Å². The Morgan fingerprint density at radius 1 is 0.533 bits per heavy atom. The molecule has 1 aromatic heterocycles. The smallest absolute Gasteiger partial charge is 0.300 e. The fraction of sp³-hybridized carbons (Fsp3) is 0.842. The molecule has 0 atom stereocenters. The number of unbranched alkanes of at least 4 members (excludes halogenated alkanes) is 26. The number of nitrogens with zero attached hydrogens (tertiary/aromatic N) is 4. The number of fused-ring (bicyclic) bond motifs is 1. The van der Waals surface area contributed by atoms with Gasteiger partial charge in [0.05, 0.1) is 10.6 Å². The lowest BCUT2D eigenvalue weighted by molar-refractivity contribution is -0.383. The highest BCUT2D eigenvalue weighted by atomic mass is 16.6. The molecule has 2 rings (SSSR count). The van der Waals surface area contributed by atoms with Gasteiger partial charge in [-0.1, -0.05) is 181 Å². The van der Waals surface area contributed by atoms with Gasteiger partial charge in [0.2, 0.25) is 5.52 Å². The molecule has 0 aliphatic rings. The molecule has 1 aromatic carbocycles. The Bertz CT molecular complexity index is 947. The third kappa shape index (κ3) is 17.9. The topological polar surface area (TPSA) is 85.3 Å². The number of nitro groups is 1. The Morgan fingerprint density at radius 3 is 1.22 bits per heavy atom. The third-order valence-corrected chi connectivity index (χ3v) is 9.47. The lowest BCUT2D eigenvalue weighted by Gasteiger charge is -2.25. The first-order valence-electron chi connectivity index (χ1n) is 19.3. The summed E-state index contributed by atoms with van der Waals surface area (Å²) in [4.78, 5) is 13.5. The van der Waals surface area contributed by atoms with Gasteiger partial charge in [-0.3, -0.25) is 10.1 Å². The molecular weight excluding hydrogens is 560 g/mol. The van der Waals surface area contributed by atoms with Crippen LogP contribution in [-0.2, 0) is 0 Å². The molecule has 0 saturated heterocycles. The average Bonchev–Trinajstić information content (AvgIpc) is 3.54. The van der Waals surface area contributed by atoms with E-state index in [0.717, 1.165) is 31.6 Å². The Balaban J connectivity index is 1.66. The lowest BCUT2D eigenvalue weighted by Crippen LogP contribution is -2.26. The SMILES string of the molecule is CCCCCCCCCCCCCCCCN(CCCCCCCCCCCCCCCC)c1ccc([N+](=O)[O-])c2nonc12. The monoisotopic (exact) mass is 629 g/mol. The first-order chi connectivity index (χ1) is 22.2. The summed E-state index contributed by atoms with van der Waals surface area (Å²) in [5.41, 5.74) is 1.65. The Morgan fingerprint density at radius 2 is 0.867 bits per heavy atom. The highest BCUT2D eigenvalue weighted by Gasteiger charge is 2.22. The van der Waals surface area contributed by atoms with Crippen molar-refractivity contribution in [1.29, 1.82) is 0 Å². The van der Waals surface area contributed by atoms with Crippen LogP contribution in [0.15, 0.2) is 16.8 Å². The van der Waals surface area contributed by atoms with Gasteiger partial charge in [-0.25, -0.2) is 4.63 Å². The highest BCUT2D eigenvalue weighted by Crippen LogP contribution is 2.32. The summed E-state index contributed by atoms with van der Waals surface area (Å²) < 4.78 is 4.97. The van der Waals surface area contributed by atoms with Crippen LogP contribution in [0.5, 0.6) is 0 Å².